The van der Waals surface area contributed by atoms with Gasteiger partial charge in [-0.05, 0) is 38.8 Å². The van der Waals surface area contributed by atoms with E-state index >= 15 is 0 Å². The van der Waals surface area contributed by atoms with Crippen molar-refractivity contribution in [2.45, 2.75) is 58.0 Å². The van der Waals surface area contributed by atoms with E-state index < -0.39 is 0 Å². The van der Waals surface area contributed by atoms with Crippen molar-refractivity contribution in [2.24, 2.45) is 0 Å². The fourth-order valence-electron chi connectivity index (χ4n) is 3.19. The van der Waals surface area contributed by atoms with Crippen LogP contribution in [0.3, 0.4) is 0 Å². The summed E-state index contributed by atoms with van der Waals surface area (Å²) >= 11 is 0. The minimum atomic E-state index is -0.259. The maximum absolute atomic E-state index is 12.7. The molecular formula is C18H24N4O2. The van der Waals surface area contributed by atoms with Gasteiger partial charge in [0.2, 0.25) is 5.82 Å². The van der Waals surface area contributed by atoms with Crippen LogP contribution in [0, 0.1) is 0 Å². The van der Waals surface area contributed by atoms with Crippen molar-refractivity contribution in [3.8, 4) is 0 Å². The van der Waals surface area contributed by atoms with Gasteiger partial charge in [0, 0.05) is 18.3 Å². The van der Waals surface area contributed by atoms with Crippen molar-refractivity contribution < 1.29 is 9.59 Å². The highest BCUT2D eigenvalue weighted by Crippen LogP contribution is 2.19. The first-order chi connectivity index (χ1) is 11.6. The Morgan fingerprint density at radius 1 is 1.17 bits per heavy atom. The SMILES string of the molecule is CC(C)NC(=O)c1nc(C(=O)NC2CCCCC2)n2ccccc12. The molecule has 0 spiro atoms. The Bertz CT molecular complexity index is 745. The Balaban J connectivity index is 1.90. The Kier molecular flexibility index (Phi) is 4.83. The monoisotopic (exact) mass is 328 g/mol. The Labute approximate surface area is 141 Å². The summed E-state index contributed by atoms with van der Waals surface area (Å²) in [4.78, 5) is 29.4. The van der Waals surface area contributed by atoms with E-state index in [1.807, 2.05) is 26.0 Å². The molecule has 1 fully saturated rings. The number of hydrogen-bond acceptors (Lipinski definition) is 3. The molecule has 128 valence electrons. The molecule has 0 aliphatic heterocycles. The molecule has 24 heavy (non-hydrogen) atoms. The minimum Gasteiger partial charge on any atom is -0.348 e. The zero-order valence-electron chi connectivity index (χ0n) is 14.2. The number of carbonyl (C=O) groups excluding carboxylic acids is 2. The van der Waals surface area contributed by atoms with Crippen LogP contribution in [0.2, 0.25) is 0 Å². The molecule has 6 nitrogen and oxygen atoms in total. The standard InChI is InChI=1S/C18H24N4O2/c1-12(2)19-17(23)15-14-10-6-7-11-22(14)16(21-15)18(24)20-13-8-4-3-5-9-13/h6-7,10-13H,3-5,8-9H2,1-2H3,(H,19,23)(H,20,24). The molecule has 0 saturated heterocycles. The molecule has 2 N–H and O–H groups in total. The van der Waals surface area contributed by atoms with E-state index in [0.29, 0.717) is 5.52 Å². The van der Waals surface area contributed by atoms with Crippen LogP contribution in [0.1, 0.15) is 67.1 Å². The topological polar surface area (TPSA) is 75.5 Å². The van der Waals surface area contributed by atoms with Gasteiger partial charge in [0.1, 0.15) is 0 Å². The third-order valence-electron chi connectivity index (χ3n) is 4.33. The Morgan fingerprint density at radius 2 is 1.92 bits per heavy atom. The number of amides is 2. The van der Waals surface area contributed by atoms with Gasteiger partial charge in [-0.25, -0.2) is 4.98 Å². The molecule has 0 atom stereocenters. The maximum atomic E-state index is 12.7. The number of carbonyl (C=O) groups is 2. The molecule has 2 aromatic heterocycles. The number of nitrogens with zero attached hydrogens (tertiary/aromatic N) is 2. The molecule has 0 bridgehead atoms. The zero-order valence-corrected chi connectivity index (χ0v) is 14.2. The number of hydrogen-bond donors (Lipinski definition) is 2. The molecule has 3 rings (SSSR count). The lowest BCUT2D eigenvalue weighted by Crippen LogP contribution is -2.37. The largest absolute Gasteiger partial charge is 0.348 e. The summed E-state index contributed by atoms with van der Waals surface area (Å²) in [6, 6.07) is 5.69. The average molecular weight is 328 g/mol. The van der Waals surface area contributed by atoms with Crippen LogP contribution >= 0.6 is 0 Å². The highest BCUT2D eigenvalue weighted by Gasteiger charge is 2.24. The van der Waals surface area contributed by atoms with Gasteiger partial charge in [0.05, 0.1) is 5.52 Å². The third-order valence-corrected chi connectivity index (χ3v) is 4.33. The van der Waals surface area contributed by atoms with Crippen LogP contribution in [-0.4, -0.2) is 33.3 Å². The molecule has 6 heteroatoms. The number of imidazole rings is 1. The maximum Gasteiger partial charge on any atom is 0.287 e. The number of pyridine rings is 1. The van der Waals surface area contributed by atoms with E-state index in [4.69, 9.17) is 0 Å². The van der Waals surface area contributed by atoms with Gasteiger partial charge in [-0.15, -0.1) is 0 Å². The van der Waals surface area contributed by atoms with Gasteiger partial charge in [0.25, 0.3) is 11.8 Å². The molecule has 0 aromatic carbocycles. The van der Waals surface area contributed by atoms with E-state index in [9.17, 15) is 9.59 Å². The van der Waals surface area contributed by atoms with Crippen LogP contribution < -0.4 is 10.6 Å². The van der Waals surface area contributed by atoms with E-state index in [1.54, 1.807) is 16.7 Å². The summed E-state index contributed by atoms with van der Waals surface area (Å²) < 4.78 is 1.69. The predicted molar refractivity (Wildman–Crippen MR) is 92.1 cm³/mol. The summed E-state index contributed by atoms with van der Waals surface area (Å²) in [6.07, 6.45) is 7.32. The molecule has 1 aliphatic rings. The highest BCUT2D eigenvalue weighted by atomic mass is 16.2. The summed E-state index contributed by atoms with van der Waals surface area (Å²) in [6.45, 7) is 3.79. The Hall–Kier alpha value is -2.37. The summed E-state index contributed by atoms with van der Waals surface area (Å²) in [5.74, 6) is -0.206. The first-order valence-electron chi connectivity index (χ1n) is 8.65. The normalized spacial score (nSPS) is 15.6. The molecule has 0 unspecified atom stereocenters. The lowest BCUT2D eigenvalue weighted by molar-refractivity contribution is 0.0916. The van der Waals surface area contributed by atoms with Crippen LogP contribution in [0.15, 0.2) is 24.4 Å². The first-order valence-corrected chi connectivity index (χ1v) is 8.65. The highest BCUT2D eigenvalue weighted by molar-refractivity contribution is 6.02. The smallest absolute Gasteiger partial charge is 0.287 e. The molecule has 0 radical (unpaired) electrons. The first kappa shape index (κ1) is 16.5. The quantitative estimate of drug-likeness (QED) is 0.905. The van der Waals surface area contributed by atoms with E-state index in [0.717, 1.165) is 25.7 Å². The zero-order chi connectivity index (χ0) is 17.1. The minimum absolute atomic E-state index is 0.0116. The second-order valence-electron chi connectivity index (χ2n) is 6.68. The van der Waals surface area contributed by atoms with Gasteiger partial charge in [-0.1, -0.05) is 25.3 Å². The second kappa shape index (κ2) is 7.03. The number of rotatable bonds is 4. The predicted octanol–water partition coefficient (Wildman–Crippen LogP) is 2.53. The summed E-state index contributed by atoms with van der Waals surface area (Å²) in [5.41, 5.74) is 0.933. The molecule has 2 amide bonds. The average Bonchev–Trinajstić information content (AvgIpc) is 2.95. The Morgan fingerprint density at radius 3 is 2.62 bits per heavy atom. The lowest BCUT2D eigenvalue weighted by atomic mass is 9.95. The second-order valence-corrected chi connectivity index (χ2v) is 6.68. The van der Waals surface area contributed by atoms with Gasteiger partial charge < -0.3 is 10.6 Å². The molecular weight excluding hydrogens is 304 g/mol. The van der Waals surface area contributed by atoms with E-state index in [-0.39, 0.29) is 35.4 Å². The summed E-state index contributed by atoms with van der Waals surface area (Å²) in [7, 11) is 0. The van der Waals surface area contributed by atoms with Crippen molar-refractivity contribution in [3.05, 3.63) is 35.9 Å². The molecule has 1 aliphatic carbocycles. The molecule has 2 heterocycles. The van der Waals surface area contributed by atoms with Crippen molar-refractivity contribution in [3.63, 3.8) is 0 Å². The van der Waals surface area contributed by atoms with Crippen molar-refractivity contribution in [1.82, 2.24) is 20.0 Å². The van der Waals surface area contributed by atoms with Crippen molar-refractivity contribution in [2.75, 3.05) is 0 Å². The van der Waals surface area contributed by atoms with E-state index in [2.05, 4.69) is 15.6 Å². The summed E-state index contributed by atoms with van der Waals surface area (Å²) in [5, 5.41) is 5.90. The van der Waals surface area contributed by atoms with Crippen LogP contribution in [0.25, 0.3) is 5.52 Å². The fraction of sp³-hybridized carbons (Fsp3) is 0.500. The molecule has 1 saturated carbocycles. The fourth-order valence-corrected chi connectivity index (χ4v) is 3.19. The van der Waals surface area contributed by atoms with Crippen LogP contribution in [-0.2, 0) is 0 Å². The number of fused-ring (bicyclic) bond motifs is 1. The third kappa shape index (κ3) is 3.42. The van der Waals surface area contributed by atoms with Crippen molar-refractivity contribution >= 4 is 17.3 Å². The van der Waals surface area contributed by atoms with Crippen LogP contribution in [0.5, 0.6) is 0 Å². The van der Waals surface area contributed by atoms with Crippen molar-refractivity contribution in [1.29, 1.82) is 0 Å². The van der Waals surface area contributed by atoms with Crippen LogP contribution in [0.4, 0.5) is 0 Å². The molecule has 2 aromatic rings. The number of aromatic nitrogens is 2. The van der Waals surface area contributed by atoms with Gasteiger partial charge in [-0.3, -0.25) is 14.0 Å². The number of nitrogens with one attached hydrogen (secondary N) is 2. The van der Waals surface area contributed by atoms with E-state index in [1.165, 1.54) is 6.42 Å². The van der Waals surface area contributed by atoms with Gasteiger partial charge >= 0.3 is 0 Å². The lowest BCUT2D eigenvalue weighted by Gasteiger charge is -2.22. The van der Waals surface area contributed by atoms with Gasteiger partial charge in [-0.2, -0.15) is 0 Å². The van der Waals surface area contributed by atoms with Gasteiger partial charge in [0.15, 0.2) is 5.69 Å².